The molecule has 27 heavy (non-hydrogen) atoms. The summed E-state index contributed by atoms with van der Waals surface area (Å²) in [4.78, 5) is 15.3. The maximum atomic E-state index is 12.8. The molecule has 1 N–H and O–H groups in total. The number of rotatable bonds is 5. The van der Waals surface area contributed by atoms with Gasteiger partial charge in [-0.1, -0.05) is 67.1 Å². The Morgan fingerprint density at radius 2 is 1.52 bits per heavy atom. The third-order valence-corrected chi connectivity index (χ3v) is 5.43. The number of fused-ring (bicyclic) bond motifs is 1. The molecule has 1 heterocycles. The van der Waals surface area contributed by atoms with Crippen LogP contribution in [0.25, 0.3) is 10.8 Å². The molecule has 1 aliphatic rings. The monoisotopic (exact) mass is 358 g/mol. The fraction of sp³-hybridized carbons (Fsp3) is 0.292. The quantitative estimate of drug-likeness (QED) is 0.713. The molecular formula is C24H26N2O. The van der Waals surface area contributed by atoms with Crippen LogP contribution in [0, 0.1) is 0 Å². The van der Waals surface area contributed by atoms with Gasteiger partial charge in [-0.25, -0.2) is 0 Å². The number of amides is 1. The lowest BCUT2D eigenvalue weighted by Gasteiger charge is -2.27. The van der Waals surface area contributed by atoms with Crippen molar-refractivity contribution in [2.75, 3.05) is 13.1 Å². The van der Waals surface area contributed by atoms with Gasteiger partial charge in [-0.3, -0.25) is 9.69 Å². The normalized spacial score (nSPS) is 15.0. The fourth-order valence-electron chi connectivity index (χ4n) is 3.94. The average molecular weight is 358 g/mol. The molecule has 1 fully saturated rings. The molecule has 3 aromatic carbocycles. The summed E-state index contributed by atoms with van der Waals surface area (Å²) < 4.78 is 0. The molecule has 0 radical (unpaired) electrons. The fourth-order valence-corrected chi connectivity index (χ4v) is 3.94. The van der Waals surface area contributed by atoms with Gasteiger partial charge in [-0.15, -0.1) is 0 Å². The molecule has 0 aromatic heterocycles. The molecular weight excluding hydrogens is 332 g/mol. The van der Waals surface area contributed by atoms with E-state index < -0.39 is 0 Å². The van der Waals surface area contributed by atoms with Crippen molar-refractivity contribution >= 4 is 16.7 Å². The smallest absolute Gasteiger partial charge is 0.252 e. The van der Waals surface area contributed by atoms with Crippen LogP contribution in [0.15, 0.2) is 66.7 Å². The van der Waals surface area contributed by atoms with Crippen molar-refractivity contribution in [3.05, 3.63) is 83.4 Å². The number of nitrogens with one attached hydrogen (secondary N) is 1. The molecule has 0 bridgehead atoms. The van der Waals surface area contributed by atoms with Crippen LogP contribution in [0.5, 0.6) is 0 Å². The second kappa shape index (κ2) is 8.36. The second-order valence-corrected chi connectivity index (χ2v) is 7.31. The molecule has 138 valence electrons. The van der Waals surface area contributed by atoms with Crippen molar-refractivity contribution in [2.24, 2.45) is 0 Å². The number of hydrogen-bond acceptors (Lipinski definition) is 2. The van der Waals surface area contributed by atoms with Crippen LogP contribution in [0.3, 0.4) is 0 Å². The van der Waals surface area contributed by atoms with Crippen LogP contribution in [-0.2, 0) is 13.1 Å². The Morgan fingerprint density at radius 3 is 2.37 bits per heavy atom. The largest absolute Gasteiger partial charge is 0.348 e. The van der Waals surface area contributed by atoms with E-state index in [4.69, 9.17) is 0 Å². The minimum absolute atomic E-state index is 0.0143. The maximum absolute atomic E-state index is 12.8. The number of hydrogen-bond donors (Lipinski definition) is 1. The first kappa shape index (κ1) is 17.7. The summed E-state index contributed by atoms with van der Waals surface area (Å²) in [6, 6.07) is 22.4. The van der Waals surface area contributed by atoms with Gasteiger partial charge in [0.05, 0.1) is 0 Å². The van der Waals surface area contributed by atoms with Crippen molar-refractivity contribution in [2.45, 2.75) is 32.4 Å². The molecule has 0 spiro atoms. The van der Waals surface area contributed by atoms with Crippen molar-refractivity contribution in [1.82, 2.24) is 10.2 Å². The first-order valence-electron chi connectivity index (χ1n) is 9.86. The van der Waals surface area contributed by atoms with Gasteiger partial charge in [0.2, 0.25) is 0 Å². The zero-order valence-corrected chi connectivity index (χ0v) is 15.7. The van der Waals surface area contributed by atoms with Crippen LogP contribution in [0.1, 0.15) is 40.7 Å². The van der Waals surface area contributed by atoms with E-state index in [1.807, 2.05) is 42.5 Å². The highest BCUT2D eigenvalue weighted by molar-refractivity contribution is 6.06. The highest BCUT2D eigenvalue weighted by Crippen LogP contribution is 2.19. The first-order chi connectivity index (χ1) is 13.3. The number of piperidine rings is 1. The number of benzene rings is 3. The van der Waals surface area contributed by atoms with Crippen molar-refractivity contribution in [3.8, 4) is 0 Å². The molecule has 1 amide bonds. The summed E-state index contributed by atoms with van der Waals surface area (Å²) in [6.07, 6.45) is 3.93. The van der Waals surface area contributed by atoms with Gasteiger partial charge in [0.1, 0.15) is 0 Å². The average Bonchev–Trinajstić information content (AvgIpc) is 2.73. The predicted molar refractivity (Wildman–Crippen MR) is 111 cm³/mol. The van der Waals surface area contributed by atoms with Gasteiger partial charge in [0.15, 0.2) is 0 Å². The highest BCUT2D eigenvalue weighted by atomic mass is 16.1. The van der Waals surface area contributed by atoms with E-state index in [0.717, 1.165) is 22.9 Å². The van der Waals surface area contributed by atoms with Gasteiger partial charge in [-0.05, 0) is 53.9 Å². The summed E-state index contributed by atoms with van der Waals surface area (Å²) in [5.74, 6) is -0.0143. The lowest BCUT2D eigenvalue weighted by Crippen LogP contribution is -2.30. The van der Waals surface area contributed by atoms with E-state index >= 15 is 0 Å². The summed E-state index contributed by atoms with van der Waals surface area (Å²) >= 11 is 0. The molecule has 0 aliphatic carbocycles. The molecule has 0 saturated carbocycles. The lowest BCUT2D eigenvalue weighted by molar-refractivity contribution is 0.0952. The Kier molecular flexibility index (Phi) is 5.50. The van der Waals surface area contributed by atoms with Crippen molar-refractivity contribution < 1.29 is 4.79 Å². The molecule has 0 atom stereocenters. The molecule has 3 heteroatoms. The molecule has 0 unspecified atom stereocenters. The van der Waals surface area contributed by atoms with Gasteiger partial charge < -0.3 is 5.32 Å². The summed E-state index contributed by atoms with van der Waals surface area (Å²) in [7, 11) is 0. The molecule has 4 rings (SSSR count). The SMILES string of the molecule is O=C(NCc1ccccc1CN1CCCCC1)c1cccc2ccccc12. The Labute approximate surface area is 161 Å². The number of carbonyl (C=O) groups is 1. The standard InChI is InChI=1S/C24H26N2O/c27-24(23-14-8-12-19-9-4-5-13-22(19)23)25-17-20-10-2-3-11-21(20)18-26-15-6-1-7-16-26/h2-5,8-14H,1,6-7,15-18H2,(H,25,27). The van der Waals surface area contributed by atoms with E-state index in [1.54, 1.807) is 0 Å². The van der Waals surface area contributed by atoms with Crippen LogP contribution in [0.2, 0.25) is 0 Å². The minimum atomic E-state index is -0.0143. The second-order valence-electron chi connectivity index (χ2n) is 7.31. The summed E-state index contributed by atoms with van der Waals surface area (Å²) in [5.41, 5.74) is 3.26. The van der Waals surface area contributed by atoms with Gasteiger partial charge in [0.25, 0.3) is 5.91 Å². The number of likely N-dealkylation sites (tertiary alicyclic amines) is 1. The maximum Gasteiger partial charge on any atom is 0.252 e. The van der Waals surface area contributed by atoms with Gasteiger partial charge in [-0.2, -0.15) is 0 Å². The van der Waals surface area contributed by atoms with E-state index in [1.165, 1.54) is 43.5 Å². The number of nitrogens with zero attached hydrogens (tertiary/aromatic N) is 1. The predicted octanol–water partition coefficient (Wildman–Crippen LogP) is 4.76. The van der Waals surface area contributed by atoms with Crippen LogP contribution in [-0.4, -0.2) is 23.9 Å². The van der Waals surface area contributed by atoms with E-state index in [9.17, 15) is 4.79 Å². The minimum Gasteiger partial charge on any atom is -0.348 e. The topological polar surface area (TPSA) is 32.3 Å². The van der Waals surface area contributed by atoms with Crippen molar-refractivity contribution in [3.63, 3.8) is 0 Å². The Hall–Kier alpha value is -2.65. The Bertz CT molecular complexity index is 923. The van der Waals surface area contributed by atoms with E-state index in [2.05, 4.69) is 34.5 Å². The molecule has 1 aliphatic heterocycles. The summed E-state index contributed by atoms with van der Waals surface area (Å²) in [5, 5.41) is 5.22. The van der Waals surface area contributed by atoms with Crippen LogP contribution in [0.4, 0.5) is 0 Å². The Morgan fingerprint density at radius 1 is 0.815 bits per heavy atom. The highest BCUT2D eigenvalue weighted by Gasteiger charge is 2.14. The molecule has 1 saturated heterocycles. The summed E-state index contributed by atoms with van der Waals surface area (Å²) in [6.45, 7) is 3.89. The van der Waals surface area contributed by atoms with Crippen LogP contribution < -0.4 is 5.32 Å². The lowest BCUT2D eigenvalue weighted by atomic mass is 10.0. The van der Waals surface area contributed by atoms with Gasteiger partial charge in [0, 0.05) is 18.7 Å². The Balaban J connectivity index is 1.47. The first-order valence-corrected chi connectivity index (χ1v) is 9.86. The third-order valence-electron chi connectivity index (χ3n) is 5.43. The number of carbonyl (C=O) groups excluding carboxylic acids is 1. The third kappa shape index (κ3) is 4.20. The molecule has 3 aromatic rings. The zero-order valence-electron chi connectivity index (χ0n) is 15.7. The van der Waals surface area contributed by atoms with Crippen LogP contribution >= 0.6 is 0 Å². The van der Waals surface area contributed by atoms with E-state index in [0.29, 0.717) is 6.54 Å². The van der Waals surface area contributed by atoms with Gasteiger partial charge >= 0.3 is 0 Å². The molecule has 3 nitrogen and oxygen atoms in total. The van der Waals surface area contributed by atoms with Crippen molar-refractivity contribution in [1.29, 1.82) is 0 Å². The van der Waals surface area contributed by atoms with E-state index in [-0.39, 0.29) is 5.91 Å². The zero-order chi connectivity index (χ0) is 18.5.